The number of amides is 1. The van der Waals surface area contributed by atoms with Crippen molar-refractivity contribution in [3.63, 3.8) is 0 Å². The number of hydrogen-bond donors (Lipinski definition) is 1. The summed E-state index contributed by atoms with van der Waals surface area (Å²) in [6.45, 7) is 3.42. The first-order chi connectivity index (χ1) is 15.0. The number of piperidine rings is 1. The van der Waals surface area contributed by atoms with E-state index in [0.717, 1.165) is 62.0 Å². The van der Waals surface area contributed by atoms with E-state index in [9.17, 15) is 4.79 Å². The largest absolute Gasteiger partial charge is 0.382 e. The Kier molecular flexibility index (Phi) is 5.24. The Labute approximate surface area is 190 Å². The minimum atomic E-state index is -0.0137. The van der Waals surface area contributed by atoms with Gasteiger partial charge < -0.3 is 15.5 Å². The molecule has 2 fully saturated rings. The molecule has 0 radical (unpaired) electrons. The first-order valence-electron chi connectivity index (χ1n) is 10.4. The highest BCUT2D eigenvalue weighted by atomic mass is 35.5. The molecule has 31 heavy (non-hydrogen) atoms. The van der Waals surface area contributed by atoms with Crippen molar-refractivity contribution in [3.05, 3.63) is 39.9 Å². The van der Waals surface area contributed by atoms with Crippen molar-refractivity contribution in [2.45, 2.75) is 25.2 Å². The van der Waals surface area contributed by atoms with Crippen LogP contribution in [0.4, 0.5) is 5.82 Å². The number of halogens is 2. The van der Waals surface area contributed by atoms with E-state index >= 15 is 0 Å². The third kappa shape index (κ3) is 3.43. The van der Waals surface area contributed by atoms with Crippen LogP contribution in [0.2, 0.25) is 10.0 Å². The number of hydrogen-bond acceptors (Lipinski definition) is 6. The Hall–Kier alpha value is -2.42. The standard InChI is InChI=1S/C21H23Cl2N7O/c1-28-5-2-4-12(9-28)15-16(21(31)29-6-3-7-29)13(22)8-14-18(15)27-11-30(14)20-17(23)19(24)25-10-26-20/h8,10-12H,2-7,9H2,1H3,(H2,24,25,26). The molecule has 10 heteroatoms. The van der Waals surface area contributed by atoms with Gasteiger partial charge in [-0.15, -0.1) is 0 Å². The quantitative estimate of drug-likeness (QED) is 0.645. The first-order valence-corrected chi connectivity index (χ1v) is 11.1. The molecule has 1 unspecified atom stereocenters. The summed E-state index contributed by atoms with van der Waals surface area (Å²) < 4.78 is 1.76. The third-order valence-electron chi connectivity index (χ3n) is 6.25. The Morgan fingerprint density at radius 1 is 1.16 bits per heavy atom. The number of nitrogen functional groups attached to an aromatic ring is 1. The van der Waals surface area contributed by atoms with E-state index in [0.29, 0.717) is 16.4 Å². The van der Waals surface area contributed by atoms with Gasteiger partial charge in [-0.3, -0.25) is 9.36 Å². The molecule has 2 saturated heterocycles. The Bertz CT molecular complexity index is 1170. The van der Waals surface area contributed by atoms with E-state index in [-0.39, 0.29) is 22.7 Å². The topological polar surface area (TPSA) is 93.2 Å². The van der Waals surface area contributed by atoms with Crippen LogP contribution in [0, 0.1) is 0 Å². The van der Waals surface area contributed by atoms with Crippen LogP contribution in [0.15, 0.2) is 18.7 Å². The molecule has 2 aromatic heterocycles. The summed E-state index contributed by atoms with van der Waals surface area (Å²) in [5, 5.41) is 0.671. The molecule has 1 atom stereocenters. The van der Waals surface area contributed by atoms with Crippen LogP contribution < -0.4 is 5.73 Å². The summed E-state index contributed by atoms with van der Waals surface area (Å²) in [4.78, 5) is 30.4. The number of rotatable bonds is 3. The molecule has 0 bridgehead atoms. The maximum Gasteiger partial charge on any atom is 0.255 e. The molecule has 162 valence electrons. The second-order valence-corrected chi connectivity index (χ2v) is 9.06. The van der Waals surface area contributed by atoms with Crippen molar-refractivity contribution in [1.82, 2.24) is 29.3 Å². The van der Waals surface area contributed by atoms with E-state index in [1.807, 2.05) is 4.90 Å². The van der Waals surface area contributed by atoms with Crippen molar-refractivity contribution < 1.29 is 4.79 Å². The molecule has 2 aliphatic rings. The summed E-state index contributed by atoms with van der Waals surface area (Å²) in [6, 6.07) is 1.78. The zero-order chi connectivity index (χ0) is 21.7. The lowest BCUT2D eigenvalue weighted by molar-refractivity contribution is 0.0649. The highest BCUT2D eigenvalue weighted by Crippen LogP contribution is 2.39. The Morgan fingerprint density at radius 3 is 2.68 bits per heavy atom. The fourth-order valence-corrected chi connectivity index (χ4v) is 5.02. The second-order valence-electron chi connectivity index (χ2n) is 8.27. The van der Waals surface area contributed by atoms with Gasteiger partial charge in [0.2, 0.25) is 0 Å². The van der Waals surface area contributed by atoms with Crippen LogP contribution in [0.25, 0.3) is 16.9 Å². The minimum Gasteiger partial charge on any atom is -0.382 e. The molecule has 2 aliphatic heterocycles. The summed E-state index contributed by atoms with van der Waals surface area (Å²) in [5.41, 5.74) is 8.87. The average Bonchev–Trinajstić information content (AvgIpc) is 3.10. The molecule has 0 saturated carbocycles. The third-order valence-corrected chi connectivity index (χ3v) is 6.91. The number of likely N-dealkylation sites (N-methyl/N-ethyl adjacent to an activating group) is 1. The van der Waals surface area contributed by atoms with Gasteiger partial charge >= 0.3 is 0 Å². The van der Waals surface area contributed by atoms with Gasteiger partial charge in [-0.1, -0.05) is 23.2 Å². The van der Waals surface area contributed by atoms with Gasteiger partial charge in [0.05, 0.1) is 21.6 Å². The number of fused-ring (bicyclic) bond motifs is 1. The van der Waals surface area contributed by atoms with Gasteiger partial charge in [0.25, 0.3) is 5.91 Å². The molecule has 8 nitrogen and oxygen atoms in total. The number of carbonyl (C=O) groups excluding carboxylic acids is 1. The highest BCUT2D eigenvalue weighted by molar-refractivity contribution is 6.35. The number of anilines is 1. The van der Waals surface area contributed by atoms with Crippen molar-refractivity contribution >= 4 is 46.0 Å². The molecule has 0 spiro atoms. The SMILES string of the molecule is CN1CCCC(c2c(C(=O)N3CCC3)c(Cl)cc3c2ncn3-c2ncnc(N)c2Cl)C1. The molecular formula is C21H23Cl2N7O. The van der Waals surface area contributed by atoms with Gasteiger partial charge in [0.15, 0.2) is 5.82 Å². The Balaban J connectivity index is 1.74. The highest BCUT2D eigenvalue weighted by Gasteiger charge is 2.33. The number of carbonyl (C=O) groups is 1. The van der Waals surface area contributed by atoms with Crippen molar-refractivity contribution in [1.29, 1.82) is 0 Å². The van der Waals surface area contributed by atoms with Crippen LogP contribution in [0.3, 0.4) is 0 Å². The number of nitrogens with zero attached hydrogens (tertiary/aromatic N) is 6. The molecule has 2 N–H and O–H groups in total. The van der Waals surface area contributed by atoms with Crippen molar-refractivity contribution in [3.8, 4) is 5.82 Å². The van der Waals surface area contributed by atoms with Crippen LogP contribution in [0.1, 0.15) is 41.1 Å². The summed E-state index contributed by atoms with van der Waals surface area (Å²) in [7, 11) is 2.10. The van der Waals surface area contributed by atoms with Gasteiger partial charge in [-0.2, -0.15) is 0 Å². The molecule has 1 amide bonds. The van der Waals surface area contributed by atoms with E-state index in [1.54, 1.807) is 17.0 Å². The first kappa shape index (κ1) is 20.5. The number of likely N-dealkylation sites (tertiary alicyclic amines) is 2. The lowest BCUT2D eigenvalue weighted by atomic mass is 9.86. The molecule has 5 rings (SSSR count). The minimum absolute atomic E-state index is 0.0137. The Morgan fingerprint density at radius 2 is 1.97 bits per heavy atom. The molecular weight excluding hydrogens is 437 g/mol. The molecule has 4 heterocycles. The fraction of sp³-hybridized carbons (Fsp3) is 0.429. The zero-order valence-corrected chi connectivity index (χ0v) is 18.7. The summed E-state index contributed by atoms with van der Waals surface area (Å²) >= 11 is 13.2. The number of nitrogens with two attached hydrogens (primary N) is 1. The monoisotopic (exact) mass is 459 g/mol. The molecule has 1 aromatic carbocycles. The van der Waals surface area contributed by atoms with Gasteiger partial charge in [0.1, 0.15) is 23.5 Å². The second kappa shape index (κ2) is 7.93. The summed E-state index contributed by atoms with van der Waals surface area (Å²) in [6.07, 6.45) is 6.08. The van der Waals surface area contributed by atoms with E-state index in [2.05, 4.69) is 21.9 Å². The fourth-order valence-electron chi connectivity index (χ4n) is 4.55. The smallest absolute Gasteiger partial charge is 0.255 e. The predicted octanol–water partition coefficient (Wildman–Crippen LogP) is 3.36. The van der Waals surface area contributed by atoms with E-state index < -0.39 is 0 Å². The normalized spacial score (nSPS) is 19.6. The van der Waals surface area contributed by atoms with Crippen LogP contribution in [0.5, 0.6) is 0 Å². The summed E-state index contributed by atoms with van der Waals surface area (Å²) in [5.74, 6) is 0.772. The number of benzene rings is 1. The van der Waals surface area contributed by atoms with Crippen molar-refractivity contribution in [2.75, 3.05) is 39.0 Å². The maximum atomic E-state index is 13.3. The zero-order valence-electron chi connectivity index (χ0n) is 17.2. The number of imidazole rings is 1. The van der Waals surface area contributed by atoms with Gasteiger partial charge in [-0.25, -0.2) is 15.0 Å². The van der Waals surface area contributed by atoms with Crippen LogP contribution >= 0.6 is 23.2 Å². The average molecular weight is 460 g/mol. The van der Waals surface area contributed by atoms with Gasteiger partial charge in [0, 0.05) is 19.6 Å². The molecule has 3 aromatic rings. The maximum absolute atomic E-state index is 13.3. The van der Waals surface area contributed by atoms with Crippen LogP contribution in [-0.4, -0.2) is 68.5 Å². The van der Waals surface area contributed by atoms with Gasteiger partial charge in [-0.05, 0) is 50.4 Å². The predicted molar refractivity (Wildman–Crippen MR) is 121 cm³/mol. The van der Waals surface area contributed by atoms with Crippen LogP contribution in [-0.2, 0) is 0 Å². The lowest BCUT2D eigenvalue weighted by Crippen LogP contribution is -2.43. The van der Waals surface area contributed by atoms with Crippen molar-refractivity contribution in [2.24, 2.45) is 0 Å². The lowest BCUT2D eigenvalue weighted by Gasteiger charge is -2.35. The van der Waals surface area contributed by atoms with E-state index in [4.69, 9.17) is 33.9 Å². The van der Waals surface area contributed by atoms with E-state index in [1.165, 1.54) is 6.33 Å². The number of aromatic nitrogens is 4. The molecule has 0 aliphatic carbocycles.